The van der Waals surface area contributed by atoms with Gasteiger partial charge in [0.2, 0.25) is 0 Å². The predicted molar refractivity (Wildman–Crippen MR) is 91.0 cm³/mol. The second-order valence-corrected chi connectivity index (χ2v) is 5.07. The zero-order valence-electron chi connectivity index (χ0n) is 12.5. The lowest BCUT2D eigenvalue weighted by atomic mass is 10.1. The lowest BCUT2D eigenvalue weighted by Crippen LogP contribution is -2.02. The van der Waals surface area contributed by atoms with Gasteiger partial charge in [-0.05, 0) is 36.8 Å². The monoisotopic (exact) mass is 305 g/mol. The smallest absolute Gasteiger partial charge is 0.335 e. The van der Waals surface area contributed by atoms with Crippen molar-refractivity contribution in [3.8, 4) is 0 Å². The summed E-state index contributed by atoms with van der Waals surface area (Å²) in [5.74, 6) is -0.937. The van der Waals surface area contributed by atoms with Gasteiger partial charge in [-0.15, -0.1) is 0 Å². The summed E-state index contributed by atoms with van der Waals surface area (Å²) < 4.78 is 0. The highest BCUT2D eigenvalue weighted by Gasteiger charge is 2.04. The second kappa shape index (κ2) is 6.27. The van der Waals surface area contributed by atoms with E-state index in [-0.39, 0.29) is 5.56 Å². The Morgan fingerprint density at radius 2 is 1.74 bits per heavy atom. The Morgan fingerprint density at radius 1 is 1.04 bits per heavy atom. The summed E-state index contributed by atoms with van der Waals surface area (Å²) in [7, 11) is 0. The number of carboxylic acid groups (broad SMARTS) is 1. The van der Waals surface area contributed by atoms with E-state index in [2.05, 4.69) is 15.5 Å². The van der Waals surface area contributed by atoms with Crippen molar-refractivity contribution < 1.29 is 9.90 Å². The molecule has 2 aromatic carbocycles. The van der Waals surface area contributed by atoms with Crippen LogP contribution in [0.5, 0.6) is 0 Å². The van der Waals surface area contributed by atoms with E-state index in [0.29, 0.717) is 0 Å². The Balaban J connectivity index is 1.85. The number of nitrogens with zero attached hydrogens (tertiary/aromatic N) is 2. The molecule has 0 spiro atoms. The number of rotatable bonds is 4. The lowest BCUT2D eigenvalue weighted by Gasteiger charge is -2.07. The first-order chi connectivity index (χ1) is 11.1. The molecule has 3 rings (SSSR count). The fourth-order valence-corrected chi connectivity index (χ4v) is 2.26. The summed E-state index contributed by atoms with van der Waals surface area (Å²) in [6.07, 6.45) is 1.73. The molecular weight excluding hydrogens is 290 g/mol. The maximum Gasteiger partial charge on any atom is 0.335 e. The van der Waals surface area contributed by atoms with Crippen molar-refractivity contribution in [1.82, 2.24) is 4.98 Å². The number of para-hydroxylation sites is 1. The van der Waals surface area contributed by atoms with Crippen LogP contribution < -0.4 is 5.43 Å². The molecule has 2 N–H and O–H groups in total. The highest BCUT2D eigenvalue weighted by atomic mass is 16.4. The van der Waals surface area contributed by atoms with E-state index in [9.17, 15) is 4.79 Å². The number of benzene rings is 2. The van der Waals surface area contributed by atoms with Crippen LogP contribution >= 0.6 is 0 Å². The molecule has 0 aliphatic carbocycles. The van der Waals surface area contributed by atoms with Gasteiger partial charge in [-0.1, -0.05) is 30.3 Å². The first kappa shape index (κ1) is 14.7. The van der Waals surface area contributed by atoms with Crippen molar-refractivity contribution in [1.29, 1.82) is 0 Å². The SMILES string of the molecule is C/C(=N\Nc1ccnc2ccccc12)c1ccc(C(=O)O)cc1. The van der Waals surface area contributed by atoms with Crippen LogP contribution in [0.4, 0.5) is 5.69 Å². The number of carboxylic acids is 1. The van der Waals surface area contributed by atoms with Gasteiger partial charge >= 0.3 is 5.97 Å². The largest absolute Gasteiger partial charge is 0.478 e. The fourth-order valence-electron chi connectivity index (χ4n) is 2.26. The van der Waals surface area contributed by atoms with E-state index in [1.807, 2.05) is 37.3 Å². The number of aromatic carboxylic acids is 1. The van der Waals surface area contributed by atoms with Crippen LogP contribution in [0.3, 0.4) is 0 Å². The first-order valence-electron chi connectivity index (χ1n) is 7.13. The van der Waals surface area contributed by atoms with Crippen LogP contribution in [0, 0.1) is 0 Å². The molecule has 0 bridgehead atoms. The quantitative estimate of drug-likeness (QED) is 0.568. The van der Waals surface area contributed by atoms with Crippen LogP contribution in [0.2, 0.25) is 0 Å². The molecule has 0 unspecified atom stereocenters. The highest BCUT2D eigenvalue weighted by Crippen LogP contribution is 2.21. The number of hydrazone groups is 1. The Bertz CT molecular complexity index is 881. The fraction of sp³-hybridized carbons (Fsp3) is 0.0556. The minimum atomic E-state index is -0.937. The van der Waals surface area contributed by atoms with Gasteiger partial charge in [0.1, 0.15) is 0 Å². The molecular formula is C18H15N3O2. The number of carbonyl (C=O) groups is 1. The van der Waals surface area contributed by atoms with E-state index in [1.165, 1.54) is 0 Å². The predicted octanol–water partition coefficient (Wildman–Crippen LogP) is 3.77. The Morgan fingerprint density at radius 3 is 2.48 bits per heavy atom. The zero-order chi connectivity index (χ0) is 16.2. The van der Waals surface area contributed by atoms with Gasteiger partial charge in [-0.3, -0.25) is 10.4 Å². The molecule has 0 saturated heterocycles. The van der Waals surface area contributed by atoms with E-state index in [0.717, 1.165) is 27.9 Å². The summed E-state index contributed by atoms with van der Waals surface area (Å²) in [4.78, 5) is 15.2. The summed E-state index contributed by atoms with van der Waals surface area (Å²) >= 11 is 0. The molecule has 0 radical (unpaired) electrons. The van der Waals surface area contributed by atoms with Crippen LogP contribution in [-0.4, -0.2) is 21.8 Å². The maximum absolute atomic E-state index is 10.9. The number of hydrogen-bond donors (Lipinski definition) is 2. The number of nitrogens with one attached hydrogen (secondary N) is 1. The number of hydrogen-bond acceptors (Lipinski definition) is 4. The van der Waals surface area contributed by atoms with Crippen molar-refractivity contribution in [3.05, 3.63) is 71.9 Å². The summed E-state index contributed by atoms with van der Waals surface area (Å²) in [6, 6.07) is 16.3. The standard InChI is InChI=1S/C18H15N3O2/c1-12(13-6-8-14(9-7-13)18(22)23)20-21-17-10-11-19-16-5-3-2-4-15(16)17/h2-11H,1H3,(H,19,21)(H,22,23)/b20-12+. The Hall–Kier alpha value is -3.21. The third kappa shape index (κ3) is 3.18. The molecule has 0 saturated carbocycles. The molecule has 1 heterocycles. The van der Waals surface area contributed by atoms with Crippen LogP contribution in [0.1, 0.15) is 22.8 Å². The molecule has 0 aliphatic heterocycles. The molecule has 1 aromatic heterocycles. The third-order valence-corrected chi connectivity index (χ3v) is 3.54. The molecule has 3 aromatic rings. The molecule has 23 heavy (non-hydrogen) atoms. The van der Waals surface area contributed by atoms with Gasteiger partial charge in [-0.2, -0.15) is 5.10 Å². The van der Waals surface area contributed by atoms with Crippen molar-refractivity contribution >= 4 is 28.3 Å². The number of anilines is 1. The van der Waals surface area contributed by atoms with Crippen LogP contribution in [0.25, 0.3) is 10.9 Å². The minimum absolute atomic E-state index is 0.259. The normalized spacial score (nSPS) is 11.4. The third-order valence-electron chi connectivity index (χ3n) is 3.54. The zero-order valence-corrected chi connectivity index (χ0v) is 12.5. The average Bonchev–Trinajstić information content (AvgIpc) is 2.59. The van der Waals surface area contributed by atoms with Crippen LogP contribution in [0.15, 0.2) is 65.9 Å². The maximum atomic E-state index is 10.9. The van der Waals surface area contributed by atoms with Gasteiger partial charge in [0.05, 0.1) is 22.5 Å². The van der Waals surface area contributed by atoms with Crippen molar-refractivity contribution in [2.24, 2.45) is 5.10 Å². The van der Waals surface area contributed by atoms with Gasteiger partial charge in [0.15, 0.2) is 0 Å². The molecule has 0 fully saturated rings. The van der Waals surface area contributed by atoms with E-state index in [4.69, 9.17) is 5.11 Å². The molecule has 114 valence electrons. The van der Waals surface area contributed by atoms with Gasteiger partial charge < -0.3 is 5.11 Å². The van der Waals surface area contributed by atoms with Gasteiger partial charge in [0.25, 0.3) is 0 Å². The topological polar surface area (TPSA) is 74.6 Å². The molecule has 5 nitrogen and oxygen atoms in total. The van der Waals surface area contributed by atoms with E-state index in [1.54, 1.807) is 30.5 Å². The number of fused-ring (bicyclic) bond motifs is 1. The van der Waals surface area contributed by atoms with E-state index < -0.39 is 5.97 Å². The molecule has 5 heteroatoms. The van der Waals surface area contributed by atoms with Crippen LogP contribution in [-0.2, 0) is 0 Å². The van der Waals surface area contributed by atoms with Crippen molar-refractivity contribution in [3.63, 3.8) is 0 Å². The van der Waals surface area contributed by atoms with Gasteiger partial charge in [-0.25, -0.2) is 4.79 Å². The molecule has 0 atom stereocenters. The second-order valence-electron chi connectivity index (χ2n) is 5.07. The minimum Gasteiger partial charge on any atom is -0.478 e. The van der Waals surface area contributed by atoms with E-state index >= 15 is 0 Å². The summed E-state index contributed by atoms with van der Waals surface area (Å²) in [5, 5.41) is 14.3. The molecule has 0 aliphatic rings. The average molecular weight is 305 g/mol. The van der Waals surface area contributed by atoms with Crippen molar-refractivity contribution in [2.75, 3.05) is 5.43 Å². The highest BCUT2D eigenvalue weighted by molar-refractivity contribution is 6.00. The number of aromatic nitrogens is 1. The van der Waals surface area contributed by atoms with Crippen molar-refractivity contribution in [2.45, 2.75) is 6.92 Å². The molecule has 0 amide bonds. The lowest BCUT2D eigenvalue weighted by molar-refractivity contribution is 0.0697. The Labute approximate surface area is 133 Å². The summed E-state index contributed by atoms with van der Waals surface area (Å²) in [6.45, 7) is 1.87. The summed E-state index contributed by atoms with van der Waals surface area (Å²) in [5.41, 5.74) is 6.71. The Kier molecular flexibility index (Phi) is 4.01. The van der Waals surface area contributed by atoms with Gasteiger partial charge in [0, 0.05) is 11.6 Å². The number of pyridine rings is 1. The first-order valence-corrected chi connectivity index (χ1v) is 7.13.